The molecule has 0 radical (unpaired) electrons. The molecule has 1 aliphatic heterocycles. The molecule has 0 aromatic heterocycles. The molecule has 1 N–H and O–H groups in total. The third-order valence-electron chi connectivity index (χ3n) is 4.08. The molecule has 2 aromatic rings. The van der Waals surface area contributed by atoms with Gasteiger partial charge in [-0.15, -0.1) is 0 Å². The number of fused-ring (bicyclic) bond motifs is 1. The van der Waals surface area contributed by atoms with E-state index in [9.17, 15) is 4.79 Å². The van der Waals surface area contributed by atoms with Gasteiger partial charge in [0.1, 0.15) is 0 Å². The number of ether oxygens (including phenoxy) is 2. The Bertz CT molecular complexity index is 764. The number of nitrogens with zero attached hydrogens (tertiary/aromatic N) is 2. The van der Waals surface area contributed by atoms with E-state index in [0.717, 1.165) is 18.7 Å². The van der Waals surface area contributed by atoms with Crippen LogP contribution in [0.5, 0.6) is 11.5 Å². The topological polar surface area (TPSA) is 63.2 Å². The van der Waals surface area contributed by atoms with Crippen LogP contribution in [0.2, 0.25) is 0 Å². The Hall–Kier alpha value is -2.86. The van der Waals surface area contributed by atoms with Crippen LogP contribution in [0.15, 0.2) is 47.6 Å². The molecule has 0 spiro atoms. The molecular weight excluding hydrogens is 318 g/mol. The largest absolute Gasteiger partial charge is 0.493 e. The molecule has 0 fully saturated rings. The average molecular weight is 339 g/mol. The van der Waals surface area contributed by atoms with Gasteiger partial charge in [-0.3, -0.25) is 9.69 Å². The lowest BCUT2D eigenvalue weighted by molar-refractivity contribution is -0.122. The van der Waals surface area contributed by atoms with Crippen LogP contribution in [0.4, 0.5) is 0 Å². The Morgan fingerprint density at radius 1 is 1.12 bits per heavy atom. The van der Waals surface area contributed by atoms with Gasteiger partial charge in [-0.2, -0.15) is 5.10 Å². The van der Waals surface area contributed by atoms with Crippen LogP contribution in [0, 0.1) is 0 Å². The number of methoxy groups -OCH3 is 2. The molecule has 1 amide bonds. The predicted octanol–water partition coefficient (Wildman–Crippen LogP) is 2.17. The van der Waals surface area contributed by atoms with E-state index in [0.29, 0.717) is 18.0 Å². The van der Waals surface area contributed by atoms with Gasteiger partial charge in [0, 0.05) is 13.1 Å². The lowest BCUT2D eigenvalue weighted by Gasteiger charge is -2.12. The quantitative estimate of drug-likeness (QED) is 0.647. The number of hydrogen-bond acceptors (Lipinski definition) is 5. The molecule has 1 aliphatic rings. The van der Waals surface area contributed by atoms with Crippen molar-refractivity contribution in [1.82, 2.24) is 10.3 Å². The molecule has 130 valence electrons. The minimum absolute atomic E-state index is 0.135. The third kappa shape index (κ3) is 4.16. The third-order valence-corrected chi connectivity index (χ3v) is 4.08. The van der Waals surface area contributed by atoms with Gasteiger partial charge >= 0.3 is 0 Å². The zero-order chi connectivity index (χ0) is 17.6. The number of nitrogens with one attached hydrogen (secondary N) is 1. The lowest BCUT2D eigenvalue weighted by atomic mass is 10.1. The van der Waals surface area contributed by atoms with E-state index < -0.39 is 0 Å². The summed E-state index contributed by atoms with van der Waals surface area (Å²) in [5, 5.41) is 4.02. The second kappa shape index (κ2) is 7.81. The molecular formula is C19H21N3O3. The zero-order valence-electron chi connectivity index (χ0n) is 14.4. The first kappa shape index (κ1) is 17.0. The van der Waals surface area contributed by atoms with Crippen molar-refractivity contribution in [2.24, 2.45) is 5.10 Å². The van der Waals surface area contributed by atoms with Crippen molar-refractivity contribution in [3.05, 3.63) is 59.2 Å². The fourth-order valence-electron chi connectivity index (χ4n) is 2.87. The fourth-order valence-corrected chi connectivity index (χ4v) is 2.87. The molecule has 0 atom stereocenters. The van der Waals surface area contributed by atoms with Crippen molar-refractivity contribution >= 4 is 12.1 Å². The Morgan fingerprint density at radius 3 is 2.44 bits per heavy atom. The Labute approximate surface area is 147 Å². The summed E-state index contributed by atoms with van der Waals surface area (Å²) in [4.78, 5) is 14.1. The van der Waals surface area contributed by atoms with E-state index in [1.807, 2.05) is 18.2 Å². The number of carbonyl (C=O) groups excluding carboxylic acids is 1. The van der Waals surface area contributed by atoms with E-state index in [1.54, 1.807) is 32.6 Å². The van der Waals surface area contributed by atoms with Crippen molar-refractivity contribution < 1.29 is 14.3 Å². The van der Waals surface area contributed by atoms with Crippen LogP contribution in [0.1, 0.15) is 16.7 Å². The van der Waals surface area contributed by atoms with E-state index in [2.05, 4.69) is 27.6 Å². The summed E-state index contributed by atoms with van der Waals surface area (Å²) in [5.41, 5.74) is 5.94. The number of benzene rings is 2. The van der Waals surface area contributed by atoms with E-state index in [1.165, 1.54) is 11.1 Å². The molecule has 6 heteroatoms. The maximum absolute atomic E-state index is 12.1. The van der Waals surface area contributed by atoms with Crippen molar-refractivity contribution in [2.75, 3.05) is 20.8 Å². The van der Waals surface area contributed by atoms with Gasteiger partial charge in [0.2, 0.25) is 0 Å². The average Bonchev–Trinajstić information content (AvgIpc) is 3.03. The van der Waals surface area contributed by atoms with Gasteiger partial charge in [0.15, 0.2) is 11.5 Å². The summed E-state index contributed by atoms with van der Waals surface area (Å²) >= 11 is 0. The first-order valence-electron chi connectivity index (χ1n) is 8.02. The van der Waals surface area contributed by atoms with Crippen molar-refractivity contribution in [2.45, 2.75) is 13.1 Å². The van der Waals surface area contributed by atoms with Crippen LogP contribution in [-0.2, 0) is 17.9 Å². The highest BCUT2D eigenvalue weighted by atomic mass is 16.5. The first-order valence-corrected chi connectivity index (χ1v) is 8.02. The smallest absolute Gasteiger partial charge is 0.254 e. The maximum atomic E-state index is 12.1. The summed E-state index contributed by atoms with van der Waals surface area (Å²) < 4.78 is 10.4. The summed E-state index contributed by atoms with van der Waals surface area (Å²) in [6.45, 7) is 1.91. The predicted molar refractivity (Wildman–Crippen MR) is 95.8 cm³/mol. The van der Waals surface area contributed by atoms with E-state index in [4.69, 9.17) is 9.47 Å². The molecule has 0 aliphatic carbocycles. The first-order chi connectivity index (χ1) is 12.2. The minimum Gasteiger partial charge on any atom is -0.493 e. The van der Waals surface area contributed by atoms with Gasteiger partial charge in [-0.05, 0) is 34.9 Å². The summed E-state index contributed by atoms with van der Waals surface area (Å²) in [6.07, 6.45) is 1.58. The number of rotatable bonds is 6. The lowest BCUT2D eigenvalue weighted by Crippen LogP contribution is -2.32. The van der Waals surface area contributed by atoms with Gasteiger partial charge < -0.3 is 9.47 Å². The zero-order valence-corrected chi connectivity index (χ0v) is 14.4. The highest BCUT2D eigenvalue weighted by Gasteiger charge is 2.19. The molecule has 0 unspecified atom stereocenters. The van der Waals surface area contributed by atoms with Crippen LogP contribution >= 0.6 is 0 Å². The SMILES string of the molecule is COc1ccc(/C=N\NC(=O)CN2Cc3ccccc3C2)cc1OC. The molecule has 0 bridgehead atoms. The van der Waals surface area contributed by atoms with Crippen molar-refractivity contribution in [3.63, 3.8) is 0 Å². The molecule has 2 aromatic carbocycles. The van der Waals surface area contributed by atoms with Crippen LogP contribution in [0.3, 0.4) is 0 Å². The van der Waals surface area contributed by atoms with Crippen LogP contribution in [0.25, 0.3) is 0 Å². The molecule has 6 nitrogen and oxygen atoms in total. The van der Waals surface area contributed by atoms with Crippen LogP contribution in [-0.4, -0.2) is 37.8 Å². The number of amides is 1. The molecule has 25 heavy (non-hydrogen) atoms. The molecule has 0 saturated carbocycles. The fraction of sp³-hybridized carbons (Fsp3) is 0.263. The van der Waals surface area contributed by atoms with Crippen molar-refractivity contribution in [1.29, 1.82) is 0 Å². The van der Waals surface area contributed by atoms with Crippen LogP contribution < -0.4 is 14.9 Å². The molecule has 3 rings (SSSR count). The van der Waals surface area contributed by atoms with Gasteiger partial charge in [-0.25, -0.2) is 5.43 Å². The maximum Gasteiger partial charge on any atom is 0.254 e. The molecule has 0 saturated heterocycles. The molecule has 1 heterocycles. The summed E-state index contributed by atoms with van der Waals surface area (Å²) in [5.74, 6) is 1.13. The van der Waals surface area contributed by atoms with Gasteiger partial charge in [0.25, 0.3) is 5.91 Å². The van der Waals surface area contributed by atoms with Crippen molar-refractivity contribution in [3.8, 4) is 11.5 Å². The standard InChI is InChI=1S/C19H21N3O3/c1-24-17-8-7-14(9-18(17)25-2)10-20-21-19(23)13-22-11-15-5-3-4-6-16(15)12-22/h3-10H,11-13H2,1-2H3,(H,21,23)/b20-10-. The number of hydrazone groups is 1. The summed E-state index contributed by atoms with van der Waals surface area (Å²) in [6, 6.07) is 13.7. The second-order valence-electron chi connectivity index (χ2n) is 5.82. The minimum atomic E-state index is -0.135. The monoisotopic (exact) mass is 339 g/mol. The normalized spacial score (nSPS) is 13.7. The number of carbonyl (C=O) groups is 1. The van der Waals surface area contributed by atoms with E-state index >= 15 is 0 Å². The number of hydrogen-bond donors (Lipinski definition) is 1. The highest BCUT2D eigenvalue weighted by Crippen LogP contribution is 2.26. The summed E-state index contributed by atoms with van der Waals surface area (Å²) in [7, 11) is 3.16. The Morgan fingerprint density at radius 2 is 1.80 bits per heavy atom. The second-order valence-corrected chi connectivity index (χ2v) is 5.82. The van der Waals surface area contributed by atoms with Gasteiger partial charge in [0.05, 0.1) is 27.0 Å². The van der Waals surface area contributed by atoms with Gasteiger partial charge in [-0.1, -0.05) is 24.3 Å². The Balaban J connectivity index is 1.52. The van der Waals surface area contributed by atoms with E-state index in [-0.39, 0.29) is 5.91 Å². The Kier molecular flexibility index (Phi) is 5.30. The highest BCUT2D eigenvalue weighted by molar-refractivity contribution is 5.83.